The zero-order valence-corrected chi connectivity index (χ0v) is 9.32. The Balaban J connectivity index is 1.73. The molecular formula is C12H21NO2. The number of hydrogen-bond donors (Lipinski definition) is 1. The molecule has 1 saturated carbocycles. The first-order chi connectivity index (χ1) is 7.31. The second-order valence-electron chi connectivity index (χ2n) is 4.93. The predicted octanol–water partition coefficient (Wildman–Crippen LogP) is 1.41. The summed E-state index contributed by atoms with van der Waals surface area (Å²) in [6, 6.07) is 0. The Morgan fingerprint density at radius 3 is 2.47 bits per heavy atom. The van der Waals surface area contributed by atoms with E-state index in [0.717, 1.165) is 37.8 Å². The summed E-state index contributed by atoms with van der Waals surface area (Å²) in [5.41, 5.74) is 0. The Hall–Kier alpha value is -0.570. The summed E-state index contributed by atoms with van der Waals surface area (Å²) < 4.78 is 0. The maximum Gasteiger partial charge on any atom is 0.222 e. The summed E-state index contributed by atoms with van der Waals surface area (Å²) in [5.74, 6) is 1.90. The molecule has 2 unspecified atom stereocenters. The zero-order valence-electron chi connectivity index (χ0n) is 9.32. The minimum atomic E-state index is 0.207. The molecule has 0 aromatic heterocycles. The fraction of sp³-hybridized carbons (Fsp3) is 0.917. The first kappa shape index (κ1) is 10.9. The molecule has 15 heavy (non-hydrogen) atoms. The van der Waals surface area contributed by atoms with Crippen LogP contribution < -0.4 is 0 Å². The summed E-state index contributed by atoms with van der Waals surface area (Å²) in [6.45, 7) is 2.21. The van der Waals surface area contributed by atoms with Crippen molar-refractivity contribution in [3.8, 4) is 0 Å². The number of amides is 1. The van der Waals surface area contributed by atoms with Crippen LogP contribution in [0.3, 0.4) is 0 Å². The van der Waals surface area contributed by atoms with Gasteiger partial charge < -0.3 is 10.0 Å². The van der Waals surface area contributed by atoms with Crippen LogP contribution in [-0.2, 0) is 4.79 Å². The first-order valence-electron chi connectivity index (χ1n) is 6.20. The Morgan fingerprint density at radius 1 is 1.20 bits per heavy atom. The molecule has 1 saturated heterocycles. The van der Waals surface area contributed by atoms with Gasteiger partial charge in [0.1, 0.15) is 0 Å². The van der Waals surface area contributed by atoms with E-state index in [1.165, 1.54) is 19.3 Å². The number of rotatable bonds is 4. The van der Waals surface area contributed by atoms with Gasteiger partial charge in [-0.2, -0.15) is 0 Å². The average molecular weight is 211 g/mol. The van der Waals surface area contributed by atoms with Crippen molar-refractivity contribution in [2.75, 3.05) is 19.7 Å². The third-order valence-electron chi connectivity index (χ3n) is 3.88. The third-order valence-corrected chi connectivity index (χ3v) is 3.88. The van der Waals surface area contributed by atoms with E-state index in [0.29, 0.717) is 12.3 Å². The maximum atomic E-state index is 11.8. The minimum Gasteiger partial charge on any atom is -0.396 e. The highest BCUT2D eigenvalue weighted by Crippen LogP contribution is 2.37. The van der Waals surface area contributed by atoms with E-state index in [4.69, 9.17) is 5.11 Å². The van der Waals surface area contributed by atoms with Crippen molar-refractivity contribution in [3.63, 3.8) is 0 Å². The van der Waals surface area contributed by atoms with Crippen molar-refractivity contribution in [1.82, 2.24) is 4.90 Å². The standard InChI is InChI=1S/C12H21NO2/c14-7-2-1-6-12(15)13-8-10-4-3-5-11(10)9-13/h10-11,14H,1-9H2. The van der Waals surface area contributed by atoms with Crippen LogP contribution >= 0.6 is 0 Å². The van der Waals surface area contributed by atoms with Gasteiger partial charge in [0.2, 0.25) is 5.91 Å². The van der Waals surface area contributed by atoms with Gasteiger partial charge in [-0.25, -0.2) is 0 Å². The van der Waals surface area contributed by atoms with Crippen LogP contribution in [0, 0.1) is 11.8 Å². The predicted molar refractivity (Wildman–Crippen MR) is 58.3 cm³/mol. The fourth-order valence-electron chi connectivity index (χ4n) is 2.98. The number of carbonyl (C=O) groups excluding carboxylic acids is 1. The largest absolute Gasteiger partial charge is 0.396 e. The van der Waals surface area contributed by atoms with Crippen molar-refractivity contribution < 1.29 is 9.90 Å². The highest BCUT2D eigenvalue weighted by atomic mass is 16.3. The van der Waals surface area contributed by atoms with Crippen molar-refractivity contribution in [1.29, 1.82) is 0 Å². The number of unbranched alkanes of at least 4 members (excludes halogenated alkanes) is 1. The lowest BCUT2D eigenvalue weighted by Crippen LogP contribution is -2.29. The average Bonchev–Trinajstić information content (AvgIpc) is 2.76. The fourth-order valence-corrected chi connectivity index (χ4v) is 2.98. The van der Waals surface area contributed by atoms with Crippen molar-refractivity contribution in [2.45, 2.75) is 38.5 Å². The van der Waals surface area contributed by atoms with Crippen molar-refractivity contribution >= 4 is 5.91 Å². The number of fused-ring (bicyclic) bond motifs is 1. The van der Waals surface area contributed by atoms with Crippen molar-refractivity contribution in [2.24, 2.45) is 11.8 Å². The zero-order chi connectivity index (χ0) is 10.7. The quantitative estimate of drug-likeness (QED) is 0.714. The molecule has 1 N–H and O–H groups in total. The Morgan fingerprint density at radius 2 is 1.87 bits per heavy atom. The summed E-state index contributed by atoms with van der Waals surface area (Å²) in [4.78, 5) is 13.8. The molecule has 0 bridgehead atoms. The molecule has 3 heteroatoms. The van der Waals surface area contributed by atoms with Crippen LogP contribution in [0.25, 0.3) is 0 Å². The molecule has 2 atom stereocenters. The Kier molecular flexibility index (Phi) is 3.62. The van der Waals surface area contributed by atoms with Gasteiger partial charge in [-0.1, -0.05) is 6.42 Å². The van der Waals surface area contributed by atoms with E-state index in [2.05, 4.69) is 0 Å². The molecule has 1 aliphatic carbocycles. The molecule has 1 heterocycles. The molecule has 2 fully saturated rings. The minimum absolute atomic E-state index is 0.207. The highest BCUT2D eigenvalue weighted by Gasteiger charge is 2.37. The van der Waals surface area contributed by atoms with E-state index >= 15 is 0 Å². The number of carbonyl (C=O) groups is 1. The monoisotopic (exact) mass is 211 g/mol. The number of hydrogen-bond acceptors (Lipinski definition) is 2. The van der Waals surface area contributed by atoms with Gasteiger partial charge in [0.15, 0.2) is 0 Å². The number of nitrogens with zero attached hydrogens (tertiary/aromatic N) is 1. The second-order valence-corrected chi connectivity index (χ2v) is 4.93. The molecule has 1 aliphatic heterocycles. The lowest BCUT2D eigenvalue weighted by molar-refractivity contribution is -0.130. The molecule has 1 amide bonds. The van der Waals surface area contributed by atoms with Crippen LogP contribution in [0.4, 0.5) is 0 Å². The van der Waals surface area contributed by atoms with Gasteiger partial charge in [-0.15, -0.1) is 0 Å². The van der Waals surface area contributed by atoms with Crippen LogP contribution in [0.5, 0.6) is 0 Å². The number of aliphatic hydroxyl groups excluding tert-OH is 1. The normalized spacial score (nSPS) is 29.5. The van der Waals surface area contributed by atoms with Gasteiger partial charge in [-0.05, 0) is 37.5 Å². The number of aliphatic hydroxyl groups is 1. The van der Waals surface area contributed by atoms with Gasteiger partial charge in [0.25, 0.3) is 0 Å². The van der Waals surface area contributed by atoms with Gasteiger partial charge in [0.05, 0.1) is 0 Å². The van der Waals surface area contributed by atoms with Gasteiger partial charge >= 0.3 is 0 Å². The number of likely N-dealkylation sites (tertiary alicyclic amines) is 1. The summed E-state index contributed by atoms with van der Waals surface area (Å²) in [5, 5.41) is 8.65. The molecule has 2 aliphatic rings. The Bertz CT molecular complexity index is 218. The first-order valence-corrected chi connectivity index (χ1v) is 6.20. The molecular weight excluding hydrogens is 190 g/mol. The molecule has 0 radical (unpaired) electrons. The molecule has 0 aromatic carbocycles. The van der Waals surface area contributed by atoms with Gasteiger partial charge in [0, 0.05) is 26.1 Å². The summed E-state index contributed by atoms with van der Waals surface area (Å²) >= 11 is 0. The maximum absolute atomic E-state index is 11.8. The third kappa shape index (κ3) is 2.51. The van der Waals surface area contributed by atoms with Crippen LogP contribution in [0.2, 0.25) is 0 Å². The van der Waals surface area contributed by atoms with E-state index in [1.807, 2.05) is 4.90 Å². The smallest absolute Gasteiger partial charge is 0.222 e. The van der Waals surface area contributed by atoms with E-state index in [1.54, 1.807) is 0 Å². The molecule has 3 nitrogen and oxygen atoms in total. The summed E-state index contributed by atoms with van der Waals surface area (Å²) in [7, 11) is 0. The van der Waals surface area contributed by atoms with E-state index < -0.39 is 0 Å². The lowest BCUT2D eigenvalue weighted by atomic mass is 10.0. The van der Waals surface area contributed by atoms with Crippen LogP contribution in [-0.4, -0.2) is 35.6 Å². The molecule has 2 rings (SSSR count). The van der Waals surface area contributed by atoms with Crippen LogP contribution in [0.15, 0.2) is 0 Å². The second kappa shape index (κ2) is 4.97. The van der Waals surface area contributed by atoms with E-state index in [9.17, 15) is 4.79 Å². The highest BCUT2D eigenvalue weighted by molar-refractivity contribution is 5.76. The topological polar surface area (TPSA) is 40.5 Å². The van der Waals surface area contributed by atoms with Crippen molar-refractivity contribution in [3.05, 3.63) is 0 Å². The Labute approximate surface area is 91.5 Å². The SMILES string of the molecule is O=C(CCCCO)N1CC2CCCC2C1. The van der Waals surface area contributed by atoms with Crippen LogP contribution in [0.1, 0.15) is 38.5 Å². The molecule has 0 spiro atoms. The lowest BCUT2D eigenvalue weighted by Gasteiger charge is -2.17. The summed E-state index contributed by atoms with van der Waals surface area (Å²) in [6.07, 6.45) is 6.23. The molecule has 0 aromatic rings. The van der Waals surface area contributed by atoms with E-state index in [-0.39, 0.29) is 6.61 Å². The molecule has 86 valence electrons. The van der Waals surface area contributed by atoms with Gasteiger partial charge in [-0.3, -0.25) is 4.79 Å².